The van der Waals surface area contributed by atoms with Crippen molar-refractivity contribution < 1.29 is 21.7 Å². The fourth-order valence-corrected chi connectivity index (χ4v) is 2.14. The van der Waals surface area contributed by atoms with E-state index in [1.165, 1.54) is 31.4 Å². The Balaban J connectivity index is 0.000000339. The molecule has 0 fully saturated rings. The topological polar surface area (TPSA) is 0 Å². The number of benzene rings is 2. The summed E-state index contributed by atoms with van der Waals surface area (Å²) in [7, 11) is 1.36. The van der Waals surface area contributed by atoms with Crippen LogP contribution in [-0.2, 0) is 21.7 Å². The first-order valence-corrected chi connectivity index (χ1v) is 8.52. The van der Waals surface area contributed by atoms with Crippen molar-refractivity contribution in [3.8, 4) is 0 Å². The summed E-state index contributed by atoms with van der Waals surface area (Å²) >= 11 is 0. The van der Waals surface area contributed by atoms with E-state index in [1.54, 1.807) is 0 Å². The maximum Gasteiger partial charge on any atom is 4.00 e. The normalized spacial score (nSPS) is 8.58. The van der Waals surface area contributed by atoms with E-state index in [2.05, 4.69) is 91.1 Å². The first-order valence-electron chi connectivity index (χ1n) is 7.71. The second-order valence-electron chi connectivity index (χ2n) is 4.89. The molecule has 0 atom stereocenters. The molecular formula is C22H24SiTi. The molecule has 120 valence electrons. The molecule has 2 heteroatoms. The summed E-state index contributed by atoms with van der Waals surface area (Å²) < 4.78 is 0. The molecule has 0 aromatic heterocycles. The van der Waals surface area contributed by atoms with Gasteiger partial charge in [0.2, 0.25) is 0 Å². The minimum absolute atomic E-state index is 0. The average Bonchev–Trinajstić information content (AvgIpc) is 3.27. The van der Waals surface area contributed by atoms with Crippen molar-refractivity contribution in [1.82, 2.24) is 0 Å². The van der Waals surface area contributed by atoms with E-state index in [0.29, 0.717) is 0 Å². The Bertz CT molecular complexity index is 656. The SMILES string of the molecule is C[CH-]C.[CH-]=[SiH2].[Ti+4].c1ccc2[cH-]ccc2c1.c1ccc2[cH-]ccc2c1. The van der Waals surface area contributed by atoms with Gasteiger partial charge in [-0.15, -0.1) is 59.3 Å². The minimum atomic E-state index is 0. The predicted molar refractivity (Wildman–Crippen MR) is 109 cm³/mol. The summed E-state index contributed by atoms with van der Waals surface area (Å²) in [5.41, 5.74) is 0. The molecule has 0 N–H and O–H groups in total. The maximum absolute atomic E-state index is 4.53. The molecule has 0 spiro atoms. The Morgan fingerprint density at radius 3 is 1.38 bits per heavy atom. The number of hydrogen-bond acceptors (Lipinski definition) is 0. The van der Waals surface area contributed by atoms with E-state index < -0.39 is 0 Å². The summed E-state index contributed by atoms with van der Waals surface area (Å²) in [5, 5.41) is 5.32. The van der Waals surface area contributed by atoms with Gasteiger partial charge in [0.1, 0.15) is 0 Å². The second kappa shape index (κ2) is 13.9. The van der Waals surface area contributed by atoms with Crippen LogP contribution in [0.25, 0.3) is 21.5 Å². The molecule has 0 nitrogen and oxygen atoms in total. The Morgan fingerprint density at radius 1 is 0.708 bits per heavy atom. The molecule has 0 amide bonds. The van der Waals surface area contributed by atoms with Gasteiger partial charge in [0.05, 0.1) is 0 Å². The zero-order chi connectivity index (χ0) is 16.9. The predicted octanol–water partition coefficient (Wildman–Crippen LogP) is 5.27. The summed E-state index contributed by atoms with van der Waals surface area (Å²) in [6, 6.07) is 29.3. The van der Waals surface area contributed by atoms with Crippen LogP contribution >= 0.6 is 0 Å². The van der Waals surface area contributed by atoms with Crippen LogP contribution in [0.4, 0.5) is 0 Å². The van der Waals surface area contributed by atoms with Gasteiger partial charge in [0.25, 0.3) is 0 Å². The molecule has 0 unspecified atom stereocenters. The number of rotatable bonds is 0. The summed E-state index contributed by atoms with van der Waals surface area (Å²) in [6.45, 7) is 4.00. The van der Waals surface area contributed by atoms with Crippen LogP contribution in [0.3, 0.4) is 0 Å². The van der Waals surface area contributed by atoms with Crippen molar-refractivity contribution in [2.45, 2.75) is 13.8 Å². The van der Waals surface area contributed by atoms with Gasteiger partial charge in [-0.1, -0.05) is 12.1 Å². The van der Waals surface area contributed by atoms with Gasteiger partial charge in [0.15, 0.2) is 0 Å². The molecule has 0 saturated heterocycles. The molecule has 4 aromatic carbocycles. The van der Waals surface area contributed by atoms with Gasteiger partial charge in [-0.25, -0.2) is 9.85 Å². The van der Waals surface area contributed by atoms with Crippen molar-refractivity contribution in [1.29, 1.82) is 0 Å². The standard InChI is InChI=1S/2C9H7.C3H7.CH3Si.Ti/c2*1-2-5-9-7-3-6-8(9)4-1;1-3-2;1-2;/h2*1-7H;3H,1-2H3;1H,2H2;/q4*-1;+4. The van der Waals surface area contributed by atoms with Crippen molar-refractivity contribution in [3.05, 3.63) is 91.3 Å². The molecule has 4 rings (SSSR count). The van der Waals surface area contributed by atoms with Crippen molar-refractivity contribution in [3.63, 3.8) is 0 Å². The molecule has 0 bridgehead atoms. The zero-order valence-electron chi connectivity index (χ0n) is 14.4. The van der Waals surface area contributed by atoms with Crippen LogP contribution < -0.4 is 0 Å². The smallest absolute Gasteiger partial charge is 0.533 e. The van der Waals surface area contributed by atoms with Gasteiger partial charge in [0, 0.05) is 0 Å². The molecule has 0 aliphatic carbocycles. The van der Waals surface area contributed by atoms with Crippen molar-refractivity contribution in [2.24, 2.45) is 0 Å². The fourth-order valence-electron chi connectivity index (χ4n) is 2.14. The molecule has 0 saturated carbocycles. The number of hydrogen-bond donors (Lipinski definition) is 0. The van der Waals surface area contributed by atoms with Crippen LogP contribution in [0, 0.1) is 6.42 Å². The van der Waals surface area contributed by atoms with Crippen LogP contribution in [0.15, 0.2) is 84.9 Å². The van der Waals surface area contributed by atoms with Crippen LogP contribution in [0.5, 0.6) is 0 Å². The molecule has 0 radical (unpaired) electrons. The molecule has 0 aliphatic rings. The van der Waals surface area contributed by atoms with E-state index in [9.17, 15) is 0 Å². The molecule has 0 aliphatic heterocycles. The largest absolute Gasteiger partial charge is 4.00 e. The van der Waals surface area contributed by atoms with Gasteiger partial charge in [-0.3, -0.25) is 0 Å². The fraction of sp³-hybridized carbons (Fsp3) is 0.0909. The van der Waals surface area contributed by atoms with Gasteiger partial charge >= 0.3 is 21.7 Å². The van der Waals surface area contributed by atoms with E-state index in [4.69, 9.17) is 0 Å². The zero-order valence-corrected chi connectivity index (χ0v) is 17.4. The molecule has 4 aromatic rings. The van der Waals surface area contributed by atoms with Crippen LogP contribution in [0.1, 0.15) is 13.8 Å². The van der Waals surface area contributed by atoms with Crippen molar-refractivity contribution in [2.75, 3.05) is 0 Å². The van der Waals surface area contributed by atoms with E-state index in [-0.39, 0.29) is 21.7 Å². The molecule has 24 heavy (non-hydrogen) atoms. The Hall–Kier alpha value is -1.54. The Labute approximate surface area is 164 Å². The first-order chi connectivity index (χ1) is 11.3. The third kappa shape index (κ3) is 7.35. The van der Waals surface area contributed by atoms with E-state index >= 15 is 0 Å². The molecular weight excluding hydrogens is 340 g/mol. The third-order valence-corrected chi connectivity index (χ3v) is 3.10. The van der Waals surface area contributed by atoms with Gasteiger partial charge in [-0.05, 0) is 0 Å². The third-order valence-electron chi connectivity index (χ3n) is 3.10. The minimum Gasteiger partial charge on any atom is -0.533 e. The average molecular weight is 364 g/mol. The van der Waals surface area contributed by atoms with Crippen LogP contribution in [0.2, 0.25) is 0 Å². The van der Waals surface area contributed by atoms with Gasteiger partial charge < -0.3 is 12.6 Å². The monoisotopic (exact) mass is 364 g/mol. The van der Waals surface area contributed by atoms with E-state index in [1.807, 2.05) is 20.3 Å². The first kappa shape index (κ1) is 22.5. The summed E-state index contributed by atoms with van der Waals surface area (Å²) in [4.78, 5) is 0. The van der Waals surface area contributed by atoms with E-state index in [0.717, 1.165) is 0 Å². The quantitative estimate of drug-likeness (QED) is 0.294. The summed E-state index contributed by atoms with van der Waals surface area (Å²) in [5.74, 6) is 0. The van der Waals surface area contributed by atoms with Gasteiger partial charge in [-0.2, -0.15) is 48.9 Å². The van der Waals surface area contributed by atoms with Crippen LogP contribution in [-0.4, -0.2) is 16.0 Å². The second-order valence-corrected chi connectivity index (χ2v) is 4.89. The molecule has 0 heterocycles. The number of fused-ring (bicyclic) bond motifs is 2. The summed E-state index contributed by atoms with van der Waals surface area (Å²) in [6.07, 6.45) is 6.53. The van der Waals surface area contributed by atoms with Crippen molar-refractivity contribution >= 4 is 37.6 Å². The maximum atomic E-state index is 4.53. The Kier molecular flexibility index (Phi) is 13.0. The Morgan fingerprint density at radius 2 is 1.04 bits per heavy atom.